The second kappa shape index (κ2) is 4.23. The Labute approximate surface area is 76.8 Å². The van der Waals surface area contributed by atoms with Gasteiger partial charge in [-0.3, -0.25) is 9.59 Å². The van der Waals surface area contributed by atoms with Crippen LogP contribution in [0.4, 0.5) is 0 Å². The van der Waals surface area contributed by atoms with Gasteiger partial charge in [0.2, 0.25) is 11.8 Å². The molecule has 0 spiro atoms. The molecule has 0 aliphatic carbocycles. The number of carbonyl (C=O) groups excluding carboxylic acids is 2. The SMILES string of the molecule is COCC(=O)N1CCC[C@@H]1C(N)=O. The van der Waals surface area contributed by atoms with Gasteiger partial charge in [-0.05, 0) is 12.8 Å². The van der Waals surface area contributed by atoms with Crippen LogP contribution in [-0.2, 0) is 14.3 Å². The number of nitrogens with zero attached hydrogens (tertiary/aromatic N) is 1. The Balaban J connectivity index is 2.57. The molecule has 1 saturated heterocycles. The van der Waals surface area contributed by atoms with Crippen LogP contribution >= 0.6 is 0 Å². The highest BCUT2D eigenvalue weighted by Gasteiger charge is 2.32. The van der Waals surface area contributed by atoms with Crippen LogP contribution in [0, 0.1) is 0 Å². The number of ether oxygens (including phenoxy) is 1. The minimum absolute atomic E-state index is 0.0176. The predicted molar refractivity (Wildman–Crippen MR) is 45.8 cm³/mol. The van der Waals surface area contributed by atoms with Gasteiger partial charge in [-0.1, -0.05) is 0 Å². The molecule has 5 nitrogen and oxygen atoms in total. The van der Waals surface area contributed by atoms with Gasteiger partial charge in [0.05, 0.1) is 0 Å². The van der Waals surface area contributed by atoms with Crippen LogP contribution in [-0.4, -0.2) is 43.0 Å². The van der Waals surface area contributed by atoms with E-state index in [4.69, 9.17) is 10.5 Å². The van der Waals surface area contributed by atoms with Crippen molar-refractivity contribution in [3.8, 4) is 0 Å². The molecule has 74 valence electrons. The summed E-state index contributed by atoms with van der Waals surface area (Å²) in [6.07, 6.45) is 1.51. The smallest absolute Gasteiger partial charge is 0.249 e. The molecule has 0 aromatic heterocycles. The molecule has 0 unspecified atom stereocenters. The highest BCUT2D eigenvalue weighted by Crippen LogP contribution is 2.16. The molecule has 2 N–H and O–H groups in total. The van der Waals surface area contributed by atoms with E-state index in [0.29, 0.717) is 13.0 Å². The van der Waals surface area contributed by atoms with Gasteiger partial charge in [-0.15, -0.1) is 0 Å². The third kappa shape index (κ3) is 2.18. The van der Waals surface area contributed by atoms with Gasteiger partial charge in [0.15, 0.2) is 0 Å². The van der Waals surface area contributed by atoms with Crippen molar-refractivity contribution >= 4 is 11.8 Å². The van der Waals surface area contributed by atoms with E-state index >= 15 is 0 Å². The topological polar surface area (TPSA) is 72.6 Å². The van der Waals surface area contributed by atoms with E-state index in [9.17, 15) is 9.59 Å². The average molecular weight is 186 g/mol. The van der Waals surface area contributed by atoms with Crippen molar-refractivity contribution in [2.24, 2.45) is 5.73 Å². The Morgan fingerprint density at radius 1 is 1.62 bits per heavy atom. The Bertz CT molecular complexity index is 217. The molecule has 0 bridgehead atoms. The first kappa shape index (κ1) is 9.98. The van der Waals surface area contributed by atoms with Gasteiger partial charge in [-0.25, -0.2) is 0 Å². The van der Waals surface area contributed by atoms with Crippen LogP contribution < -0.4 is 5.73 Å². The maximum absolute atomic E-state index is 11.4. The van der Waals surface area contributed by atoms with Crippen molar-refractivity contribution in [3.63, 3.8) is 0 Å². The van der Waals surface area contributed by atoms with Crippen LogP contribution in [0.15, 0.2) is 0 Å². The maximum Gasteiger partial charge on any atom is 0.249 e. The van der Waals surface area contributed by atoms with Crippen LogP contribution in [0.1, 0.15) is 12.8 Å². The van der Waals surface area contributed by atoms with Crippen LogP contribution in [0.25, 0.3) is 0 Å². The van der Waals surface area contributed by atoms with E-state index in [0.717, 1.165) is 6.42 Å². The molecule has 1 aliphatic heterocycles. The Morgan fingerprint density at radius 2 is 2.31 bits per heavy atom. The number of likely N-dealkylation sites (tertiary alicyclic amines) is 1. The number of methoxy groups -OCH3 is 1. The monoisotopic (exact) mass is 186 g/mol. The first-order valence-corrected chi connectivity index (χ1v) is 4.24. The lowest BCUT2D eigenvalue weighted by Gasteiger charge is -2.21. The van der Waals surface area contributed by atoms with E-state index in [1.807, 2.05) is 0 Å². The minimum atomic E-state index is -0.429. The van der Waals surface area contributed by atoms with Crippen molar-refractivity contribution in [2.45, 2.75) is 18.9 Å². The molecular formula is C8H14N2O3. The van der Waals surface area contributed by atoms with E-state index < -0.39 is 11.9 Å². The van der Waals surface area contributed by atoms with E-state index in [-0.39, 0.29) is 12.5 Å². The summed E-state index contributed by atoms with van der Waals surface area (Å²) in [4.78, 5) is 23.8. The fourth-order valence-corrected chi connectivity index (χ4v) is 1.57. The lowest BCUT2D eigenvalue weighted by atomic mass is 10.2. The molecule has 2 amide bonds. The second-order valence-corrected chi connectivity index (χ2v) is 3.08. The number of nitrogens with two attached hydrogens (primary N) is 1. The fourth-order valence-electron chi connectivity index (χ4n) is 1.57. The summed E-state index contributed by atoms with van der Waals surface area (Å²) in [6, 6.07) is -0.428. The molecule has 13 heavy (non-hydrogen) atoms. The van der Waals surface area contributed by atoms with Crippen molar-refractivity contribution in [1.29, 1.82) is 0 Å². The first-order chi connectivity index (χ1) is 6.16. The van der Waals surface area contributed by atoms with Crippen molar-refractivity contribution in [3.05, 3.63) is 0 Å². The van der Waals surface area contributed by atoms with Gasteiger partial charge >= 0.3 is 0 Å². The number of hydrogen-bond acceptors (Lipinski definition) is 3. The molecule has 1 rings (SSSR count). The summed E-state index contributed by atoms with van der Waals surface area (Å²) < 4.78 is 4.70. The average Bonchev–Trinajstić information content (AvgIpc) is 2.52. The lowest BCUT2D eigenvalue weighted by molar-refractivity contribution is -0.140. The van der Waals surface area contributed by atoms with E-state index in [2.05, 4.69) is 0 Å². The maximum atomic E-state index is 11.4. The van der Waals surface area contributed by atoms with Gasteiger partial charge in [0.1, 0.15) is 12.6 Å². The van der Waals surface area contributed by atoms with Gasteiger partial charge < -0.3 is 15.4 Å². The zero-order valence-corrected chi connectivity index (χ0v) is 7.66. The highest BCUT2D eigenvalue weighted by atomic mass is 16.5. The fraction of sp³-hybridized carbons (Fsp3) is 0.750. The summed E-state index contributed by atoms with van der Waals surface area (Å²) >= 11 is 0. The third-order valence-corrected chi connectivity index (χ3v) is 2.17. The van der Waals surface area contributed by atoms with Crippen LogP contribution in [0.5, 0.6) is 0 Å². The molecule has 0 aromatic carbocycles. The zero-order valence-electron chi connectivity index (χ0n) is 7.66. The molecule has 1 heterocycles. The number of carbonyl (C=O) groups is 2. The zero-order chi connectivity index (χ0) is 9.84. The van der Waals surface area contributed by atoms with E-state index in [1.54, 1.807) is 0 Å². The lowest BCUT2D eigenvalue weighted by Crippen LogP contribution is -2.45. The number of primary amides is 1. The molecule has 0 saturated carbocycles. The molecule has 1 atom stereocenters. The van der Waals surface area contributed by atoms with Crippen molar-refractivity contribution in [1.82, 2.24) is 4.90 Å². The number of rotatable bonds is 3. The van der Waals surface area contributed by atoms with Crippen LogP contribution in [0.3, 0.4) is 0 Å². The standard InChI is InChI=1S/C8H14N2O3/c1-13-5-7(11)10-4-2-3-6(10)8(9)12/h6H,2-5H2,1H3,(H2,9,12)/t6-/m1/s1. The molecule has 5 heteroatoms. The first-order valence-electron chi connectivity index (χ1n) is 4.24. The van der Waals surface area contributed by atoms with Crippen molar-refractivity contribution < 1.29 is 14.3 Å². The summed E-state index contributed by atoms with van der Waals surface area (Å²) in [5.74, 6) is -0.592. The second-order valence-electron chi connectivity index (χ2n) is 3.08. The molecule has 1 fully saturated rings. The van der Waals surface area contributed by atoms with Crippen molar-refractivity contribution in [2.75, 3.05) is 20.3 Å². The van der Waals surface area contributed by atoms with E-state index in [1.165, 1.54) is 12.0 Å². The van der Waals surface area contributed by atoms with Crippen LogP contribution in [0.2, 0.25) is 0 Å². The molecule has 0 aromatic rings. The Hall–Kier alpha value is -1.10. The van der Waals surface area contributed by atoms with Gasteiger partial charge in [0.25, 0.3) is 0 Å². The summed E-state index contributed by atoms with van der Waals surface area (Å²) in [5, 5.41) is 0. The molecule has 0 radical (unpaired) electrons. The van der Waals surface area contributed by atoms with Gasteiger partial charge in [-0.2, -0.15) is 0 Å². The third-order valence-electron chi connectivity index (χ3n) is 2.17. The molecule has 1 aliphatic rings. The quantitative estimate of drug-likeness (QED) is 0.621. The van der Waals surface area contributed by atoms with Gasteiger partial charge in [0, 0.05) is 13.7 Å². The molecular weight excluding hydrogens is 172 g/mol. The normalized spacial score (nSPS) is 21.9. The highest BCUT2D eigenvalue weighted by molar-refractivity contribution is 5.87. The summed E-state index contributed by atoms with van der Waals surface area (Å²) in [7, 11) is 1.45. The largest absolute Gasteiger partial charge is 0.375 e. The number of hydrogen-bond donors (Lipinski definition) is 1. The minimum Gasteiger partial charge on any atom is -0.375 e. The predicted octanol–water partition coefficient (Wildman–Crippen LogP) is -0.891. The summed E-state index contributed by atoms with van der Waals surface area (Å²) in [5.41, 5.74) is 5.15. The summed E-state index contributed by atoms with van der Waals surface area (Å²) in [6.45, 7) is 0.625. The number of amides is 2. The Kier molecular flexibility index (Phi) is 3.25. The Morgan fingerprint density at radius 3 is 2.85 bits per heavy atom.